The monoisotopic (exact) mass is 340 g/mol. The average molecular weight is 340 g/mol. The van der Waals surface area contributed by atoms with E-state index in [1.807, 2.05) is 0 Å². The third-order valence-corrected chi connectivity index (χ3v) is 7.05. The van der Waals surface area contributed by atoms with Gasteiger partial charge in [-0.3, -0.25) is 0 Å². The molecule has 0 aromatic rings. The minimum atomic E-state index is -3.61. The first-order valence-corrected chi connectivity index (χ1v) is 8.59. The van der Waals surface area contributed by atoms with Gasteiger partial charge in [0, 0.05) is 0 Å². The molecule has 0 radical (unpaired) electrons. The fraction of sp³-hybridized carbons (Fsp3) is 1.00. The fourth-order valence-corrected chi connectivity index (χ4v) is 4.66. The summed E-state index contributed by atoms with van der Waals surface area (Å²) in [5, 5.41) is 0. The average Bonchev–Trinajstić information content (AvgIpc) is 1.70. The van der Waals surface area contributed by atoms with Crippen LogP contribution in [0.4, 0.5) is 0 Å². The molecule has 0 amide bonds. The van der Waals surface area contributed by atoms with Crippen molar-refractivity contribution in [2.75, 3.05) is 0 Å². The molecule has 0 saturated heterocycles. The SMILES string of the molecule is CC(N)(N)[O][In]([O]C(C)(N)N)[O]C(C)(N)N. The van der Waals surface area contributed by atoms with Gasteiger partial charge in [0.1, 0.15) is 0 Å². The van der Waals surface area contributed by atoms with E-state index < -0.39 is 40.3 Å². The zero-order valence-corrected chi connectivity index (χ0v) is 13.1. The van der Waals surface area contributed by atoms with Gasteiger partial charge < -0.3 is 0 Å². The normalized spacial score (nSPS) is 14.1. The van der Waals surface area contributed by atoms with E-state index in [-0.39, 0.29) is 0 Å². The first-order chi connectivity index (χ1) is 6.79. The summed E-state index contributed by atoms with van der Waals surface area (Å²) < 4.78 is 15.6. The minimum absolute atomic E-state index is 1.42. The summed E-state index contributed by atoms with van der Waals surface area (Å²) in [4.78, 5) is 0. The van der Waals surface area contributed by atoms with Crippen molar-refractivity contribution in [2.24, 2.45) is 34.4 Å². The molecule has 0 aromatic carbocycles. The van der Waals surface area contributed by atoms with Crippen LogP contribution in [0.5, 0.6) is 0 Å². The molecule has 12 N–H and O–H groups in total. The van der Waals surface area contributed by atoms with Crippen LogP contribution in [0.3, 0.4) is 0 Å². The molecule has 0 saturated carbocycles. The molecule has 10 heteroatoms. The zero-order valence-electron chi connectivity index (χ0n) is 9.77. The molecule has 0 atom stereocenters. The van der Waals surface area contributed by atoms with Gasteiger partial charge in [-0.1, -0.05) is 0 Å². The molecule has 9 nitrogen and oxygen atoms in total. The Morgan fingerprint density at radius 1 is 0.625 bits per heavy atom. The summed E-state index contributed by atoms with van der Waals surface area (Å²) in [5.41, 5.74) is 32.8. The molecular formula is C6H21InN6O3. The Morgan fingerprint density at radius 2 is 0.812 bits per heavy atom. The Kier molecular flexibility index (Phi) is 5.61. The molecular weight excluding hydrogens is 319 g/mol. The molecule has 0 heterocycles. The topological polar surface area (TPSA) is 184 Å². The first kappa shape index (κ1) is 16.5. The molecule has 0 aromatic heterocycles. The molecule has 0 spiro atoms. The van der Waals surface area contributed by atoms with Crippen molar-refractivity contribution >= 4 is 22.7 Å². The second kappa shape index (κ2) is 5.44. The van der Waals surface area contributed by atoms with Crippen molar-refractivity contribution in [3.63, 3.8) is 0 Å². The van der Waals surface area contributed by atoms with Crippen molar-refractivity contribution in [1.82, 2.24) is 0 Å². The van der Waals surface area contributed by atoms with E-state index in [1.165, 1.54) is 20.8 Å². The van der Waals surface area contributed by atoms with E-state index in [1.54, 1.807) is 0 Å². The number of nitrogens with two attached hydrogens (primary N) is 6. The van der Waals surface area contributed by atoms with E-state index in [4.69, 9.17) is 43.0 Å². The molecule has 96 valence electrons. The van der Waals surface area contributed by atoms with Crippen molar-refractivity contribution in [2.45, 2.75) is 38.3 Å². The van der Waals surface area contributed by atoms with Crippen LogP contribution in [-0.4, -0.2) is 40.3 Å². The summed E-state index contributed by atoms with van der Waals surface area (Å²) in [7, 11) is 0. The summed E-state index contributed by atoms with van der Waals surface area (Å²) in [6, 6.07) is 0. The summed E-state index contributed by atoms with van der Waals surface area (Å²) >= 11 is -3.61. The maximum atomic E-state index is 5.46. The number of hydrogen-bond acceptors (Lipinski definition) is 9. The second-order valence-corrected chi connectivity index (χ2v) is 7.86. The molecule has 0 aliphatic carbocycles. The summed E-state index contributed by atoms with van der Waals surface area (Å²) in [6.45, 7) is 4.29. The first-order valence-electron chi connectivity index (χ1n) is 4.55. The van der Waals surface area contributed by atoms with Crippen LogP contribution in [0.2, 0.25) is 0 Å². The third kappa shape index (κ3) is 11.0. The van der Waals surface area contributed by atoms with Gasteiger partial charge >= 0.3 is 104 Å². The van der Waals surface area contributed by atoms with Gasteiger partial charge in [0.25, 0.3) is 0 Å². The van der Waals surface area contributed by atoms with Gasteiger partial charge in [0.15, 0.2) is 0 Å². The van der Waals surface area contributed by atoms with E-state index in [0.717, 1.165) is 0 Å². The number of hydrogen-bond donors (Lipinski definition) is 6. The van der Waals surface area contributed by atoms with Crippen LogP contribution < -0.4 is 34.4 Å². The molecule has 0 aliphatic heterocycles. The standard InChI is InChI=1S/3C2H7N2O.In/c3*1-2(3,4)5;/h3*3-4H2,1H3;/q3*-1;+3. The Labute approximate surface area is 104 Å². The van der Waals surface area contributed by atoms with Gasteiger partial charge in [-0.2, -0.15) is 0 Å². The third-order valence-electron chi connectivity index (χ3n) is 1.05. The van der Waals surface area contributed by atoms with Gasteiger partial charge in [-0.05, 0) is 0 Å². The molecule has 16 heavy (non-hydrogen) atoms. The fourth-order valence-electron chi connectivity index (χ4n) is 0.694. The molecule has 0 aliphatic rings. The van der Waals surface area contributed by atoms with Crippen molar-refractivity contribution in [3.8, 4) is 0 Å². The van der Waals surface area contributed by atoms with Crippen LogP contribution in [0.1, 0.15) is 20.8 Å². The summed E-state index contributed by atoms with van der Waals surface area (Å²) in [6.07, 6.45) is 0. The van der Waals surface area contributed by atoms with Crippen LogP contribution in [0.25, 0.3) is 0 Å². The van der Waals surface area contributed by atoms with E-state index >= 15 is 0 Å². The Bertz CT molecular complexity index is 182. The maximum absolute atomic E-state index is 5.46. The Morgan fingerprint density at radius 3 is 0.938 bits per heavy atom. The Hall–Kier alpha value is 0.510. The molecule has 0 fully saturated rings. The molecule has 0 bridgehead atoms. The van der Waals surface area contributed by atoms with Gasteiger partial charge in [0.05, 0.1) is 0 Å². The van der Waals surface area contributed by atoms with Crippen molar-refractivity contribution in [1.29, 1.82) is 0 Å². The van der Waals surface area contributed by atoms with Crippen molar-refractivity contribution < 1.29 is 8.56 Å². The van der Waals surface area contributed by atoms with Crippen LogP contribution in [0.15, 0.2) is 0 Å². The molecule has 0 rings (SSSR count). The summed E-state index contributed by atoms with van der Waals surface area (Å²) in [5.74, 6) is -4.26. The van der Waals surface area contributed by atoms with Crippen LogP contribution >= 0.6 is 0 Å². The molecule has 0 unspecified atom stereocenters. The number of rotatable bonds is 6. The predicted molar refractivity (Wildman–Crippen MR) is 59.3 cm³/mol. The zero-order chi connectivity index (χ0) is 13.2. The quantitative estimate of drug-likeness (QED) is 0.271. The van der Waals surface area contributed by atoms with Gasteiger partial charge in [0.2, 0.25) is 0 Å². The predicted octanol–water partition coefficient (Wildman–Crippen LogP) is -3.21. The van der Waals surface area contributed by atoms with Gasteiger partial charge in [-0.15, -0.1) is 0 Å². The van der Waals surface area contributed by atoms with Crippen LogP contribution in [-0.2, 0) is 8.56 Å². The van der Waals surface area contributed by atoms with E-state index in [2.05, 4.69) is 0 Å². The second-order valence-electron chi connectivity index (χ2n) is 4.19. The van der Waals surface area contributed by atoms with Crippen molar-refractivity contribution in [3.05, 3.63) is 0 Å². The van der Waals surface area contributed by atoms with Gasteiger partial charge in [-0.25, -0.2) is 0 Å². The van der Waals surface area contributed by atoms with E-state index in [0.29, 0.717) is 0 Å². The Balaban J connectivity index is 4.53. The van der Waals surface area contributed by atoms with E-state index in [9.17, 15) is 0 Å². The van der Waals surface area contributed by atoms with Crippen LogP contribution in [0, 0.1) is 0 Å².